The summed E-state index contributed by atoms with van der Waals surface area (Å²) < 4.78 is 2.06. The van der Waals surface area contributed by atoms with E-state index in [1.807, 2.05) is 0 Å². The fourth-order valence-electron chi connectivity index (χ4n) is 3.08. The SMILES string of the molecule is CC(C)n1cc(C2CCNC2Cc2ccccc2)cn1. The van der Waals surface area contributed by atoms with Crippen molar-refractivity contribution in [3.8, 4) is 0 Å². The van der Waals surface area contributed by atoms with E-state index in [0.717, 1.165) is 13.0 Å². The van der Waals surface area contributed by atoms with Crippen LogP contribution in [0.1, 0.15) is 43.4 Å². The van der Waals surface area contributed by atoms with Crippen molar-refractivity contribution in [3.63, 3.8) is 0 Å². The molecule has 0 bridgehead atoms. The first-order chi connectivity index (χ1) is 9.74. The van der Waals surface area contributed by atoms with Crippen molar-refractivity contribution in [1.29, 1.82) is 0 Å². The standard InChI is InChI=1S/C17H23N3/c1-13(2)20-12-15(11-19-20)16-8-9-18-17(16)10-14-6-4-3-5-7-14/h3-7,11-13,16-18H,8-10H2,1-2H3. The molecule has 0 amide bonds. The zero-order valence-electron chi connectivity index (χ0n) is 12.3. The number of nitrogens with zero attached hydrogens (tertiary/aromatic N) is 2. The van der Waals surface area contributed by atoms with Crippen LogP contribution in [-0.2, 0) is 6.42 Å². The molecule has 1 aromatic heterocycles. The topological polar surface area (TPSA) is 29.9 Å². The molecule has 2 aromatic rings. The summed E-state index contributed by atoms with van der Waals surface area (Å²) in [6.45, 7) is 5.45. The molecule has 0 radical (unpaired) electrons. The molecule has 3 nitrogen and oxygen atoms in total. The van der Waals surface area contributed by atoms with Gasteiger partial charge in [0.1, 0.15) is 0 Å². The Morgan fingerprint density at radius 3 is 2.80 bits per heavy atom. The van der Waals surface area contributed by atoms with Gasteiger partial charge < -0.3 is 5.32 Å². The lowest BCUT2D eigenvalue weighted by Crippen LogP contribution is -2.28. The maximum atomic E-state index is 4.49. The Morgan fingerprint density at radius 1 is 1.30 bits per heavy atom. The van der Waals surface area contributed by atoms with Crippen molar-refractivity contribution in [1.82, 2.24) is 15.1 Å². The van der Waals surface area contributed by atoms with E-state index in [1.165, 1.54) is 17.5 Å². The molecule has 2 heterocycles. The van der Waals surface area contributed by atoms with Crippen LogP contribution in [-0.4, -0.2) is 22.4 Å². The Labute approximate surface area is 121 Å². The largest absolute Gasteiger partial charge is 0.313 e. The first-order valence-electron chi connectivity index (χ1n) is 7.55. The summed E-state index contributed by atoms with van der Waals surface area (Å²) >= 11 is 0. The molecule has 3 rings (SSSR count). The van der Waals surface area contributed by atoms with Crippen LogP contribution in [0.2, 0.25) is 0 Å². The van der Waals surface area contributed by atoms with Crippen LogP contribution in [0.3, 0.4) is 0 Å². The van der Waals surface area contributed by atoms with Crippen LogP contribution in [0.25, 0.3) is 0 Å². The molecule has 0 aliphatic carbocycles. The molecular formula is C17H23N3. The Morgan fingerprint density at radius 2 is 2.10 bits per heavy atom. The van der Waals surface area contributed by atoms with Gasteiger partial charge in [-0.1, -0.05) is 30.3 Å². The average Bonchev–Trinajstić information content (AvgIpc) is 3.08. The first-order valence-corrected chi connectivity index (χ1v) is 7.55. The summed E-state index contributed by atoms with van der Waals surface area (Å²) in [5, 5.41) is 8.15. The Balaban J connectivity index is 1.74. The predicted octanol–water partition coefficient (Wildman–Crippen LogP) is 3.15. The normalized spacial score (nSPS) is 22.6. The zero-order valence-corrected chi connectivity index (χ0v) is 12.3. The van der Waals surface area contributed by atoms with Crippen molar-refractivity contribution in [2.24, 2.45) is 0 Å². The van der Waals surface area contributed by atoms with E-state index >= 15 is 0 Å². The number of aromatic nitrogens is 2. The van der Waals surface area contributed by atoms with Crippen LogP contribution >= 0.6 is 0 Å². The van der Waals surface area contributed by atoms with E-state index in [2.05, 4.69) is 71.7 Å². The maximum absolute atomic E-state index is 4.49. The van der Waals surface area contributed by atoms with Crippen LogP contribution in [0.4, 0.5) is 0 Å². The molecule has 1 saturated heterocycles. The molecule has 1 N–H and O–H groups in total. The van der Waals surface area contributed by atoms with Crippen LogP contribution in [0.15, 0.2) is 42.7 Å². The van der Waals surface area contributed by atoms with Gasteiger partial charge in [0.05, 0.1) is 6.20 Å². The lowest BCUT2D eigenvalue weighted by atomic mass is 9.90. The average molecular weight is 269 g/mol. The van der Waals surface area contributed by atoms with Gasteiger partial charge in [-0.3, -0.25) is 4.68 Å². The van der Waals surface area contributed by atoms with Gasteiger partial charge in [0.25, 0.3) is 0 Å². The van der Waals surface area contributed by atoms with E-state index in [-0.39, 0.29) is 0 Å². The number of hydrogen-bond acceptors (Lipinski definition) is 2. The molecule has 0 spiro atoms. The molecular weight excluding hydrogens is 246 g/mol. The van der Waals surface area contributed by atoms with E-state index in [0.29, 0.717) is 18.0 Å². The van der Waals surface area contributed by atoms with E-state index in [1.54, 1.807) is 0 Å². The molecule has 0 saturated carbocycles. The highest BCUT2D eigenvalue weighted by atomic mass is 15.3. The minimum Gasteiger partial charge on any atom is -0.313 e. The molecule has 20 heavy (non-hydrogen) atoms. The summed E-state index contributed by atoms with van der Waals surface area (Å²) in [6.07, 6.45) is 6.58. The minimum absolute atomic E-state index is 0.436. The highest BCUT2D eigenvalue weighted by molar-refractivity contribution is 5.22. The van der Waals surface area contributed by atoms with Gasteiger partial charge in [0, 0.05) is 24.2 Å². The van der Waals surface area contributed by atoms with E-state index in [4.69, 9.17) is 0 Å². The van der Waals surface area contributed by atoms with Crippen LogP contribution in [0.5, 0.6) is 0 Å². The summed E-state index contributed by atoms with van der Waals surface area (Å²) in [5.74, 6) is 0.586. The van der Waals surface area contributed by atoms with Gasteiger partial charge in [-0.15, -0.1) is 0 Å². The molecule has 1 aromatic carbocycles. The van der Waals surface area contributed by atoms with E-state index in [9.17, 15) is 0 Å². The summed E-state index contributed by atoms with van der Waals surface area (Å²) in [4.78, 5) is 0. The quantitative estimate of drug-likeness (QED) is 0.924. The van der Waals surface area contributed by atoms with Crippen molar-refractivity contribution < 1.29 is 0 Å². The molecule has 1 aliphatic heterocycles. The number of rotatable bonds is 4. The molecule has 1 fully saturated rings. The van der Waals surface area contributed by atoms with Gasteiger partial charge in [-0.25, -0.2) is 0 Å². The molecule has 3 heteroatoms. The second-order valence-corrected chi connectivity index (χ2v) is 5.99. The maximum Gasteiger partial charge on any atom is 0.0525 e. The number of benzene rings is 1. The van der Waals surface area contributed by atoms with Crippen molar-refractivity contribution in [2.45, 2.75) is 44.7 Å². The van der Waals surface area contributed by atoms with Gasteiger partial charge in [0.2, 0.25) is 0 Å². The number of nitrogens with one attached hydrogen (secondary N) is 1. The van der Waals surface area contributed by atoms with Crippen LogP contribution in [0, 0.1) is 0 Å². The Kier molecular flexibility index (Phi) is 3.88. The Hall–Kier alpha value is -1.61. The van der Waals surface area contributed by atoms with Crippen LogP contribution < -0.4 is 5.32 Å². The van der Waals surface area contributed by atoms with Gasteiger partial charge in [-0.05, 0) is 44.4 Å². The lowest BCUT2D eigenvalue weighted by molar-refractivity contribution is 0.525. The molecule has 106 valence electrons. The fourth-order valence-corrected chi connectivity index (χ4v) is 3.08. The molecule has 1 aliphatic rings. The molecule has 2 unspecified atom stereocenters. The summed E-state index contributed by atoms with van der Waals surface area (Å²) in [6, 6.07) is 11.7. The second kappa shape index (κ2) is 5.80. The lowest BCUT2D eigenvalue weighted by Gasteiger charge is -2.18. The molecule has 2 atom stereocenters. The third-order valence-corrected chi connectivity index (χ3v) is 4.22. The summed E-state index contributed by atoms with van der Waals surface area (Å²) in [7, 11) is 0. The van der Waals surface area contributed by atoms with Gasteiger partial charge in [0.15, 0.2) is 0 Å². The Bertz CT molecular complexity index is 544. The van der Waals surface area contributed by atoms with Crippen molar-refractivity contribution in [3.05, 3.63) is 53.9 Å². The second-order valence-electron chi connectivity index (χ2n) is 5.99. The monoisotopic (exact) mass is 269 g/mol. The third kappa shape index (κ3) is 2.78. The first kappa shape index (κ1) is 13.4. The smallest absolute Gasteiger partial charge is 0.0525 e. The van der Waals surface area contributed by atoms with Gasteiger partial charge in [-0.2, -0.15) is 5.10 Å². The fraction of sp³-hybridized carbons (Fsp3) is 0.471. The van der Waals surface area contributed by atoms with Crippen molar-refractivity contribution >= 4 is 0 Å². The number of hydrogen-bond donors (Lipinski definition) is 1. The highest BCUT2D eigenvalue weighted by Crippen LogP contribution is 2.29. The highest BCUT2D eigenvalue weighted by Gasteiger charge is 2.29. The van der Waals surface area contributed by atoms with Crippen molar-refractivity contribution in [2.75, 3.05) is 6.54 Å². The third-order valence-electron chi connectivity index (χ3n) is 4.22. The minimum atomic E-state index is 0.436. The van der Waals surface area contributed by atoms with Gasteiger partial charge >= 0.3 is 0 Å². The predicted molar refractivity (Wildman–Crippen MR) is 81.9 cm³/mol. The van der Waals surface area contributed by atoms with E-state index < -0.39 is 0 Å². The summed E-state index contributed by atoms with van der Waals surface area (Å²) in [5.41, 5.74) is 2.79. The zero-order chi connectivity index (χ0) is 13.9.